The van der Waals surface area contributed by atoms with Gasteiger partial charge >= 0.3 is 5.97 Å². The normalized spacial score (nSPS) is 16.3. The van der Waals surface area contributed by atoms with Gasteiger partial charge in [0.15, 0.2) is 12.4 Å². The molecule has 0 amide bonds. The van der Waals surface area contributed by atoms with Crippen LogP contribution < -0.4 is 4.74 Å². The minimum atomic E-state index is -0.413. The maximum atomic E-state index is 12.2. The second-order valence-corrected chi connectivity index (χ2v) is 7.27. The highest BCUT2D eigenvalue weighted by atomic mass is 32.1. The van der Waals surface area contributed by atoms with E-state index in [9.17, 15) is 9.59 Å². The smallest absolute Gasteiger partial charge is 0.348 e. The molecule has 0 radical (unpaired) electrons. The van der Waals surface area contributed by atoms with Gasteiger partial charge in [-0.2, -0.15) is 0 Å². The number of ether oxygens (including phenoxy) is 2. The predicted molar refractivity (Wildman–Crippen MR) is 93.1 cm³/mol. The topological polar surface area (TPSA) is 52.6 Å². The van der Waals surface area contributed by atoms with E-state index in [1.54, 1.807) is 31.4 Å². The van der Waals surface area contributed by atoms with Crippen molar-refractivity contribution in [2.45, 2.75) is 26.2 Å². The maximum absolute atomic E-state index is 12.2. The summed E-state index contributed by atoms with van der Waals surface area (Å²) in [6.07, 6.45) is 3.21. The van der Waals surface area contributed by atoms with Crippen LogP contribution in [0.1, 0.15) is 43.8 Å². The van der Waals surface area contributed by atoms with Gasteiger partial charge in [0.2, 0.25) is 0 Å². The highest BCUT2D eigenvalue weighted by molar-refractivity contribution is 7.14. The van der Waals surface area contributed by atoms with Gasteiger partial charge in [0.25, 0.3) is 0 Å². The first kappa shape index (κ1) is 16.7. The third-order valence-electron chi connectivity index (χ3n) is 4.28. The molecule has 0 unspecified atom stereocenters. The highest BCUT2D eigenvalue weighted by Gasteiger charge is 2.21. The molecular formula is C19H20O4S. The monoisotopic (exact) mass is 344 g/mol. The Bertz CT molecular complexity index is 745. The first-order chi connectivity index (χ1) is 11.6. The lowest BCUT2D eigenvalue weighted by molar-refractivity contribution is 0.0479. The number of Topliss-reactive ketones (excluding diaryl/α,β-unsaturated/α-hetero) is 1. The average Bonchev–Trinajstić information content (AvgIpc) is 3.02. The molecule has 1 aromatic carbocycles. The number of thiophene rings is 1. The molecule has 5 heteroatoms. The van der Waals surface area contributed by atoms with Crippen molar-refractivity contribution in [2.24, 2.45) is 5.92 Å². The van der Waals surface area contributed by atoms with Gasteiger partial charge in [-0.05, 0) is 61.1 Å². The van der Waals surface area contributed by atoms with E-state index in [0.717, 1.165) is 19.3 Å². The van der Waals surface area contributed by atoms with E-state index in [0.29, 0.717) is 22.1 Å². The Morgan fingerprint density at radius 3 is 2.71 bits per heavy atom. The number of ketones is 1. The Kier molecular flexibility index (Phi) is 5.00. The van der Waals surface area contributed by atoms with Crippen LogP contribution in [0, 0.1) is 5.92 Å². The van der Waals surface area contributed by atoms with Crippen molar-refractivity contribution in [2.75, 3.05) is 13.7 Å². The summed E-state index contributed by atoms with van der Waals surface area (Å²) in [5.41, 5.74) is 1.76. The lowest BCUT2D eigenvalue weighted by Crippen LogP contribution is -2.13. The minimum Gasteiger partial charge on any atom is -0.497 e. The average molecular weight is 344 g/mol. The lowest BCUT2D eigenvalue weighted by Gasteiger charge is -2.16. The third-order valence-corrected chi connectivity index (χ3v) is 5.49. The molecule has 0 saturated carbocycles. The number of carbonyl (C=O) groups is 2. The molecule has 3 rings (SSSR count). The number of methoxy groups -OCH3 is 1. The van der Waals surface area contributed by atoms with Gasteiger partial charge in [-0.25, -0.2) is 4.79 Å². The zero-order valence-corrected chi connectivity index (χ0v) is 14.7. The Morgan fingerprint density at radius 1 is 1.25 bits per heavy atom. The van der Waals surface area contributed by atoms with E-state index >= 15 is 0 Å². The first-order valence-corrected chi connectivity index (χ1v) is 8.84. The summed E-state index contributed by atoms with van der Waals surface area (Å²) in [4.78, 5) is 26.2. The third kappa shape index (κ3) is 3.67. The zero-order valence-electron chi connectivity index (χ0n) is 13.8. The molecule has 0 fully saturated rings. The van der Waals surface area contributed by atoms with Crippen LogP contribution in [0.2, 0.25) is 0 Å². The van der Waals surface area contributed by atoms with E-state index in [-0.39, 0.29) is 12.4 Å². The lowest BCUT2D eigenvalue weighted by atomic mass is 9.90. The minimum absolute atomic E-state index is 0.221. The largest absolute Gasteiger partial charge is 0.497 e. The molecule has 0 saturated heterocycles. The van der Waals surface area contributed by atoms with Crippen LogP contribution in [0.5, 0.6) is 5.75 Å². The van der Waals surface area contributed by atoms with Crippen molar-refractivity contribution in [1.82, 2.24) is 0 Å². The summed E-state index contributed by atoms with van der Waals surface area (Å²) in [6.45, 7) is 1.98. The van der Waals surface area contributed by atoms with E-state index < -0.39 is 5.97 Å². The number of hydrogen-bond donors (Lipinski definition) is 0. The number of aryl methyl sites for hydroxylation is 1. The van der Waals surface area contributed by atoms with Crippen molar-refractivity contribution in [3.8, 4) is 5.75 Å². The van der Waals surface area contributed by atoms with Crippen LogP contribution >= 0.6 is 11.3 Å². The van der Waals surface area contributed by atoms with Gasteiger partial charge in [0, 0.05) is 10.4 Å². The maximum Gasteiger partial charge on any atom is 0.348 e. The molecule has 4 nitrogen and oxygen atoms in total. The van der Waals surface area contributed by atoms with Crippen LogP contribution in [0.4, 0.5) is 0 Å². The molecule has 1 heterocycles. The summed E-state index contributed by atoms with van der Waals surface area (Å²) >= 11 is 1.50. The van der Waals surface area contributed by atoms with Crippen LogP contribution in [0.15, 0.2) is 30.3 Å². The molecule has 2 aromatic rings. The van der Waals surface area contributed by atoms with Gasteiger partial charge < -0.3 is 9.47 Å². The van der Waals surface area contributed by atoms with Crippen LogP contribution in [0.3, 0.4) is 0 Å². The highest BCUT2D eigenvalue weighted by Crippen LogP contribution is 2.32. The molecule has 0 N–H and O–H groups in total. The summed E-state index contributed by atoms with van der Waals surface area (Å²) in [7, 11) is 1.57. The second-order valence-electron chi connectivity index (χ2n) is 6.13. The Morgan fingerprint density at radius 2 is 2.00 bits per heavy atom. The molecule has 1 aliphatic rings. The van der Waals surface area contributed by atoms with E-state index in [4.69, 9.17) is 9.47 Å². The molecule has 0 aliphatic heterocycles. The van der Waals surface area contributed by atoms with E-state index in [1.807, 2.05) is 6.07 Å². The summed E-state index contributed by atoms with van der Waals surface area (Å²) in [6, 6.07) is 8.68. The Labute approximate surface area is 145 Å². The number of carbonyl (C=O) groups excluding carboxylic acids is 2. The van der Waals surface area contributed by atoms with Gasteiger partial charge in [0.05, 0.1) is 7.11 Å². The fourth-order valence-electron chi connectivity index (χ4n) is 2.87. The quantitative estimate of drug-likeness (QED) is 0.609. The molecule has 1 atom stereocenters. The summed E-state index contributed by atoms with van der Waals surface area (Å²) in [5.74, 6) is 0.708. The molecule has 126 valence electrons. The molecule has 1 aromatic heterocycles. The second kappa shape index (κ2) is 7.18. The summed E-state index contributed by atoms with van der Waals surface area (Å²) < 4.78 is 10.3. The molecule has 1 aliphatic carbocycles. The fourth-order valence-corrected chi connectivity index (χ4v) is 3.97. The van der Waals surface area contributed by atoms with Gasteiger partial charge in [-0.3, -0.25) is 4.79 Å². The van der Waals surface area contributed by atoms with E-state index in [1.165, 1.54) is 21.8 Å². The van der Waals surface area contributed by atoms with Crippen molar-refractivity contribution >= 4 is 23.1 Å². The molecular weight excluding hydrogens is 324 g/mol. The Balaban J connectivity index is 1.60. The zero-order chi connectivity index (χ0) is 17.1. The van der Waals surface area contributed by atoms with Crippen LogP contribution in [0.25, 0.3) is 0 Å². The Hall–Kier alpha value is -2.14. The van der Waals surface area contributed by atoms with Crippen LogP contribution in [-0.4, -0.2) is 25.5 Å². The number of rotatable bonds is 5. The van der Waals surface area contributed by atoms with Gasteiger partial charge in [0.1, 0.15) is 10.6 Å². The number of esters is 1. The SMILES string of the molecule is COc1ccc(C(=O)COC(=O)c2cc3c(s2)CC[C@@H](C)C3)cc1. The standard InChI is InChI=1S/C19H20O4S/c1-12-3-8-17-14(9-12)10-18(24-17)19(21)23-11-16(20)13-4-6-15(22-2)7-5-13/h4-7,10,12H,3,8-9,11H2,1-2H3/t12-/m1/s1. The van der Waals surface area contributed by atoms with E-state index in [2.05, 4.69) is 6.92 Å². The van der Waals surface area contributed by atoms with Gasteiger partial charge in [-0.1, -0.05) is 6.92 Å². The van der Waals surface area contributed by atoms with Crippen LogP contribution in [-0.2, 0) is 17.6 Å². The first-order valence-electron chi connectivity index (χ1n) is 8.02. The number of benzene rings is 1. The summed E-state index contributed by atoms with van der Waals surface area (Å²) in [5, 5.41) is 0. The molecule has 24 heavy (non-hydrogen) atoms. The number of hydrogen-bond acceptors (Lipinski definition) is 5. The number of fused-ring (bicyclic) bond motifs is 1. The van der Waals surface area contributed by atoms with Crippen molar-refractivity contribution in [3.63, 3.8) is 0 Å². The van der Waals surface area contributed by atoms with Crippen molar-refractivity contribution < 1.29 is 19.1 Å². The van der Waals surface area contributed by atoms with Gasteiger partial charge in [-0.15, -0.1) is 11.3 Å². The van der Waals surface area contributed by atoms with Crippen molar-refractivity contribution in [3.05, 3.63) is 51.2 Å². The molecule has 0 spiro atoms. The fraction of sp³-hybridized carbons (Fsp3) is 0.368. The molecule has 0 bridgehead atoms. The van der Waals surface area contributed by atoms with Crippen molar-refractivity contribution in [1.29, 1.82) is 0 Å². The predicted octanol–water partition coefficient (Wildman–Crippen LogP) is 3.92.